The molecule has 1 aliphatic rings. The zero-order chi connectivity index (χ0) is 18.6. The maximum Gasteiger partial charge on any atom is 0.417 e. The molecule has 0 spiro atoms. The number of carbonyl (C=O) groups excluding carboxylic acids is 3. The van der Waals surface area contributed by atoms with Gasteiger partial charge in [0.15, 0.2) is 0 Å². The van der Waals surface area contributed by atoms with Gasteiger partial charge in [-0.15, -0.1) is 0 Å². The number of hydrogen-bond acceptors (Lipinski definition) is 4. The minimum absolute atomic E-state index is 0.0462. The van der Waals surface area contributed by atoms with E-state index in [2.05, 4.69) is 10.1 Å². The van der Waals surface area contributed by atoms with Gasteiger partial charge in [0.25, 0.3) is 5.91 Å². The Morgan fingerprint density at radius 3 is 2.56 bits per heavy atom. The Labute approximate surface area is 142 Å². The largest absolute Gasteiger partial charge is 0.467 e. The van der Waals surface area contributed by atoms with Crippen LogP contribution in [0.2, 0.25) is 0 Å². The highest BCUT2D eigenvalue weighted by atomic mass is 19.4. The van der Waals surface area contributed by atoms with Gasteiger partial charge in [-0.25, -0.2) is 4.79 Å². The van der Waals surface area contributed by atoms with Crippen molar-refractivity contribution in [1.29, 1.82) is 0 Å². The van der Waals surface area contributed by atoms with Crippen molar-refractivity contribution >= 4 is 17.7 Å². The summed E-state index contributed by atoms with van der Waals surface area (Å²) in [5.74, 6) is -2.34. The average Bonchev–Trinajstić information content (AvgIpc) is 2.58. The lowest BCUT2D eigenvalue weighted by Gasteiger charge is -2.28. The maximum atomic E-state index is 13.1. The van der Waals surface area contributed by atoms with Gasteiger partial charge in [0.1, 0.15) is 11.8 Å². The number of nitrogens with one attached hydrogen (secondary N) is 1. The van der Waals surface area contributed by atoms with Crippen LogP contribution in [0.25, 0.3) is 0 Å². The predicted molar refractivity (Wildman–Crippen MR) is 81.7 cm³/mol. The standard InChI is InChI=1S/C17H18F3NO4/c1-25-16(24)14(10-5-4-6-11(22)9-10)21-15(23)12-7-2-3-8-13(12)17(18,19)20/h2-3,7-8,10,14H,4-6,9H2,1H3,(H,21,23)/t10-,14-/m1/s1. The van der Waals surface area contributed by atoms with Crippen LogP contribution >= 0.6 is 0 Å². The number of amides is 1. The lowest BCUT2D eigenvalue weighted by molar-refractivity contribution is -0.145. The van der Waals surface area contributed by atoms with Crippen LogP contribution in [-0.2, 0) is 20.5 Å². The van der Waals surface area contributed by atoms with E-state index in [0.717, 1.165) is 19.2 Å². The third-order valence-corrected chi connectivity index (χ3v) is 4.21. The number of ketones is 1. The van der Waals surface area contributed by atoms with Crippen molar-refractivity contribution in [3.8, 4) is 0 Å². The highest BCUT2D eigenvalue weighted by Gasteiger charge is 2.38. The van der Waals surface area contributed by atoms with Crippen LogP contribution in [0.4, 0.5) is 13.2 Å². The minimum Gasteiger partial charge on any atom is -0.467 e. The lowest BCUT2D eigenvalue weighted by atomic mass is 9.83. The van der Waals surface area contributed by atoms with E-state index in [9.17, 15) is 27.6 Å². The highest BCUT2D eigenvalue weighted by Crippen LogP contribution is 2.32. The summed E-state index contributed by atoms with van der Waals surface area (Å²) >= 11 is 0. The molecule has 1 fully saturated rings. The van der Waals surface area contributed by atoms with Crippen molar-refractivity contribution in [3.05, 3.63) is 35.4 Å². The first-order chi connectivity index (χ1) is 11.7. The third-order valence-electron chi connectivity index (χ3n) is 4.21. The molecule has 8 heteroatoms. The number of ether oxygens (including phenoxy) is 1. The van der Waals surface area contributed by atoms with Crippen molar-refractivity contribution in [2.24, 2.45) is 5.92 Å². The molecule has 0 radical (unpaired) electrons. The Kier molecular flexibility index (Phi) is 5.81. The van der Waals surface area contributed by atoms with Crippen molar-refractivity contribution < 1.29 is 32.3 Å². The number of Topliss-reactive ketones (excluding diaryl/α,β-unsaturated/α-hetero) is 1. The van der Waals surface area contributed by atoms with Gasteiger partial charge in [0.05, 0.1) is 18.2 Å². The topological polar surface area (TPSA) is 72.5 Å². The van der Waals surface area contributed by atoms with Crippen LogP contribution in [0.1, 0.15) is 41.6 Å². The molecule has 1 aliphatic carbocycles. The summed E-state index contributed by atoms with van der Waals surface area (Å²) in [5, 5.41) is 2.32. The summed E-state index contributed by atoms with van der Waals surface area (Å²) in [6.45, 7) is 0. The highest BCUT2D eigenvalue weighted by molar-refractivity contribution is 5.98. The molecule has 5 nitrogen and oxygen atoms in total. The van der Waals surface area contributed by atoms with Crippen LogP contribution in [0.3, 0.4) is 0 Å². The van der Waals surface area contributed by atoms with E-state index in [4.69, 9.17) is 0 Å². The first-order valence-corrected chi connectivity index (χ1v) is 7.80. The van der Waals surface area contributed by atoms with Gasteiger partial charge in [-0.3, -0.25) is 9.59 Å². The molecule has 0 aliphatic heterocycles. The van der Waals surface area contributed by atoms with Gasteiger partial charge in [-0.2, -0.15) is 13.2 Å². The molecule has 2 rings (SSSR count). The summed E-state index contributed by atoms with van der Waals surface area (Å²) in [4.78, 5) is 36.0. The van der Waals surface area contributed by atoms with Crippen molar-refractivity contribution in [1.82, 2.24) is 5.32 Å². The smallest absolute Gasteiger partial charge is 0.417 e. The molecule has 1 aromatic carbocycles. The molecule has 25 heavy (non-hydrogen) atoms. The van der Waals surface area contributed by atoms with Gasteiger partial charge >= 0.3 is 12.1 Å². The van der Waals surface area contributed by atoms with Crippen LogP contribution in [0, 0.1) is 5.92 Å². The van der Waals surface area contributed by atoms with E-state index in [0.29, 0.717) is 19.3 Å². The second kappa shape index (κ2) is 7.67. The Morgan fingerprint density at radius 2 is 1.96 bits per heavy atom. The Bertz CT molecular complexity index is 672. The number of rotatable bonds is 4. The number of halogens is 3. The van der Waals surface area contributed by atoms with E-state index < -0.39 is 41.1 Å². The number of methoxy groups -OCH3 is 1. The Morgan fingerprint density at radius 1 is 1.28 bits per heavy atom. The fraction of sp³-hybridized carbons (Fsp3) is 0.471. The molecule has 1 amide bonds. The summed E-state index contributed by atoms with van der Waals surface area (Å²) in [6.07, 6.45) is -3.15. The van der Waals surface area contributed by atoms with E-state index in [1.807, 2.05) is 0 Å². The monoisotopic (exact) mass is 357 g/mol. The van der Waals surface area contributed by atoms with E-state index in [1.54, 1.807) is 0 Å². The molecular weight excluding hydrogens is 339 g/mol. The van der Waals surface area contributed by atoms with E-state index >= 15 is 0 Å². The third kappa shape index (κ3) is 4.58. The molecule has 136 valence electrons. The van der Waals surface area contributed by atoms with Crippen LogP contribution in [0.15, 0.2) is 24.3 Å². The molecule has 0 saturated heterocycles. The maximum absolute atomic E-state index is 13.1. The summed E-state index contributed by atoms with van der Waals surface area (Å²) < 4.78 is 43.8. The van der Waals surface area contributed by atoms with Crippen LogP contribution in [-0.4, -0.2) is 30.8 Å². The molecule has 1 N–H and O–H groups in total. The molecule has 0 bridgehead atoms. The molecule has 2 atom stereocenters. The molecular formula is C17H18F3NO4. The van der Waals surface area contributed by atoms with Crippen LogP contribution < -0.4 is 5.32 Å². The summed E-state index contributed by atoms with van der Waals surface area (Å²) in [5.41, 5.74) is -1.66. The Hall–Kier alpha value is -2.38. The molecule has 1 aromatic rings. The van der Waals surface area contributed by atoms with Gasteiger partial charge in [-0.05, 0) is 30.9 Å². The number of carbonyl (C=O) groups is 3. The normalized spacial score (nSPS) is 19.2. The minimum atomic E-state index is -4.70. The van der Waals surface area contributed by atoms with Crippen LogP contribution in [0.5, 0.6) is 0 Å². The second-order valence-corrected chi connectivity index (χ2v) is 5.91. The predicted octanol–water partition coefficient (Wildman–Crippen LogP) is 2.74. The summed E-state index contributed by atoms with van der Waals surface area (Å²) in [7, 11) is 1.12. The van der Waals surface area contributed by atoms with Crippen molar-refractivity contribution in [2.75, 3.05) is 7.11 Å². The number of hydrogen-bond donors (Lipinski definition) is 1. The van der Waals surface area contributed by atoms with E-state index in [1.165, 1.54) is 12.1 Å². The first kappa shape index (κ1) is 19.0. The number of esters is 1. The van der Waals surface area contributed by atoms with Crippen molar-refractivity contribution in [2.45, 2.75) is 37.9 Å². The zero-order valence-electron chi connectivity index (χ0n) is 13.6. The molecule has 1 saturated carbocycles. The first-order valence-electron chi connectivity index (χ1n) is 7.80. The zero-order valence-corrected chi connectivity index (χ0v) is 13.6. The van der Waals surface area contributed by atoms with Gasteiger partial charge < -0.3 is 10.1 Å². The molecule has 0 heterocycles. The quantitative estimate of drug-likeness (QED) is 0.841. The fourth-order valence-electron chi connectivity index (χ4n) is 2.99. The SMILES string of the molecule is COC(=O)[C@H](NC(=O)c1ccccc1C(F)(F)F)[C@@H]1CCCC(=O)C1. The van der Waals surface area contributed by atoms with Crippen molar-refractivity contribution in [3.63, 3.8) is 0 Å². The van der Waals surface area contributed by atoms with Gasteiger partial charge in [-0.1, -0.05) is 12.1 Å². The second-order valence-electron chi connectivity index (χ2n) is 5.91. The van der Waals surface area contributed by atoms with Gasteiger partial charge in [0, 0.05) is 12.8 Å². The number of alkyl halides is 3. The number of benzene rings is 1. The average molecular weight is 357 g/mol. The lowest BCUT2D eigenvalue weighted by Crippen LogP contribution is -2.48. The molecule has 0 unspecified atom stereocenters. The summed E-state index contributed by atoms with van der Waals surface area (Å²) in [6, 6.07) is 3.16. The van der Waals surface area contributed by atoms with Gasteiger partial charge in [0.2, 0.25) is 0 Å². The molecule has 0 aromatic heterocycles. The Balaban J connectivity index is 2.26. The van der Waals surface area contributed by atoms with E-state index in [-0.39, 0.29) is 12.2 Å². The fourth-order valence-corrected chi connectivity index (χ4v) is 2.99.